The number of carbonyl (C=O) groups is 2. The SMILES string of the molecule is C#CCCC1(CCNC(=O)c2ccc(C)c(NC(=O)c3ccco3)c2)N=N1. The maximum absolute atomic E-state index is 12.4. The van der Waals surface area contributed by atoms with Crippen molar-refractivity contribution in [1.29, 1.82) is 0 Å². The molecule has 138 valence electrons. The lowest BCUT2D eigenvalue weighted by atomic mass is 10.0. The van der Waals surface area contributed by atoms with E-state index >= 15 is 0 Å². The van der Waals surface area contributed by atoms with Crippen LogP contribution in [0.15, 0.2) is 51.2 Å². The van der Waals surface area contributed by atoms with Crippen LogP contribution >= 0.6 is 0 Å². The molecule has 7 heteroatoms. The monoisotopic (exact) mass is 364 g/mol. The molecule has 1 aliphatic rings. The fraction of sp³-hybridized carbons (Fsp3) is 0.300. The molecule has 0 unspecified atom stereocenters. The smallest absolute Gasteiger partial charge is 0.291 e. The van der Waals surface area contributed by atoms with Crippen molar-refractivity contribution in [2.45, 2.75) is 31.8 Å². The van der Waals surface area contributed by atoms with E-state index in [2.05, 4.69) is 26.8 Å². The van der Waals surface area contributed by atoms with Crippen LogP contribution in [-0.2, 0) is 0 Å². The van der Waals surface area contributed by atoms with Crippen molar-refractivity contribution in [3.8, 4) is 12.3 Å². The molecule has 0 bridgehead atoms. The van der Waals surface area contributed by atoms with Crippen molar-refractivity contribution in [3.05, 3.63) is 53.5 Å². The molecular weight excluding hydrogens is 344 g/mol. The van der Waals surface area contributed by atoms with Gasteiger partial charge in [0.25, 0.3) is 11.8 Å². The van der Waals surface area contributed by atoms with Crippen LogP contribution in [-0.4, -0.2) is 24.0 Å². The number of aryl methyl sites for hydroxylation is 1. The first-order chi connectivity index (χ1) is 13.0. The topological polar surface area (TPSA) is 96.1 Å². The van der Waals surface area contributed by atoms with E-state index in [1.807, 2.05) is 6.92 Å². The van der Waals surface area contributed by atoms with Crippen LogP contribution in [0.3, 0.4) is 0 Å². The fourth-order valence-corrected chi connectivity index (χ4v) is 2.64. The third kappa shape index (κ3) is 4.61. The van der Waals surface area contributed by atoms with Crippen molar-refractivity contribution < 1.29 is 14.0 Å². The van der Waals surface area contributed by atoms with Crippen molar-refractivity contribution in [1.82, 2.24) is 5.32 Å². The van der Waals surface area contributed by atoms with Gasteiger partial charge in [-0.1, -0.05) is 6.07 Å². The summed E-state index contributed by atoms with van der Waals surface area (Å²) in [7, 11) is 0. The lowest BCUT2D eigenvalue weighted by Crippen LogP contribution is -2.28. The maximum atomic E-state index is 12.4. The summed E-state index contributed by atoms with van der Waals surface area (Å²) in [5.41, 5.74) is 1.43. The molecule has 0 aliphatic carbocycles. The highest BCUT2D eigenvalue weighted by Gasteiger charge is 2.38. The predicted molar refractivity (Wildman–Crippen MR) is 100 cm³/mol. The van der Waals surface area contributed by atoms with Gasteiger partial charge >= 0.3 is 0 Å². The zero-order valence-corrected chi connectivity index (χ0v) is 15.0. The molecule has 3 rings (SSSR count). The molecule has 0 fully saturated rings. The number of nitrogens with one attached hydrogen (secondary N) is 2. The molecule has 2 aromatic rings. The summed E-state index contributed by atoms with van der Waals surface area (Å²) >= 11 is 0. The Morgan fingerprint density at radius 2 is 2.04 bits per heavy atom. The third-order valence-electron chi connectivity index (χ3n) is 4.36. The van der Waals surface area contributed by atoms with Crippen LogP contribution in [0.2, 0.25) is 0 Å². The highest BCUT2D eigenvalue weighted by molar-refractivity contribution is 6.03. The van der Waals surface area contributed by atoms with E-state index in [1.165, 1.54) is 6.26 Å². The number of benzene rings is 1. The number of terminal acetylenes is 1. The van der Waals surface area contributed by atoms with Crippen LogP contribution < -0.4 is 10.6 Å². The van der Waals surface area contributed by atoms with Gasteiger partial charge in [-0.25, -0.2) is 0 Å². The largest absolute Gasteiger partial charge is 0.459 e. The number of nitrogens with zero attached hydrogens (tertiary/aromatic N) is 2. The van der Waals surface area contributed by atoms with Gasteiger partial charge in [0, 0.05) is 37.1 Å². The third-order valence-corrected chi connectivity index (χ3v) is 4.36. The minimum atomic E-state index is -0.422. The summed E-state index contributed by atoms with van der Waals surface area (Å²) in [6.45, 7) is 2.29. The van der Waals surface area contributed by atoms with E-state index in [4.69, 9.17) is 10.8 Å². The molecule has 2 amide bonds. The van der Waals surface area contributed by atoms with E-state index in [-0.39, 0.29) is 17.6 Å². The highest BCUT2D eigenvalue weighted by Crippen LogP contribution is 2.36. The van der Waals surface area contributed by atoms with Gasteiger partial charge in [0.2, 0.25) is 0 Å². The zero-order valence-electron chi connectivity index (χ0n) is 15.0. The van der Waals surface area contributed by atoms with Gasteiger partial charge in [-0.2, -0.15) is 10.2 Å². The van der Waals surface area contributed by atoms with Gasteiger partial charge in [0.05, 0.1) is 6.26 Å². The molecule has 0 saturated carbocycles. The van der Waals surface area contributed by atoms with E-state index in [0.29, 0.717) is 37.1 Å². The van der Waals surface area contributed by atoms with Gasteiger partial charge in [-0.3, -0.25) is 9.59 Å². The molecule has 0 radical (unpaired) electrons. The summed E-state index contributed by atoms with van der Waals surface area (Å²) < 4.78 is 5.08. The van der Waals surface area contributed by atoms with Gasteiger partial charge < -0.3 is 15.1 Å². The quantitative estimate of drug-likeness (QED) is 0.701. The Kier molecular flexibility index (Phi) is 5.36. The summed E-state index contributed by atoms with van der Waals surface area (Å²) in [4.78, 5) is 24.6. The van der Waals surface area contributed by atoms with Gasteiger partial charge in [-0.15, -0.1) is 12.3 Å². The Hall–Kier alpha value is -3.40. The average molecular weight is 364 g/mol. The Balaban J connectivity index is 1.57. The molecule has 7 nitrogen and oxygen atoms in total. The minimum Gasteiger partial charge on any atom is -0.459 e. The van der Waals surface area contributed by atoms with Gasteiger partial charge in [0.15, 0.2) is 11.4 Å². The minimum absolute atomic E-state index is 0.207. The van der Waals surface area contributed by atoms with E-state index in [1.54, 1.807) is 30.3 Å². The summed E-state index contributed by atoms with van der Waals surface area (Å²) in [5.74, 6) is 2.19. The predicted octanol–water partition coefficient (Wildman–Crippen LogP) is 3.54. The number of amides is 2. The van der Waals surface area contributed by atoms with Crippen molar-refractivity contribution >= 4 is 17.5 Å². The number of rotatable bonds is 8. The molecule has 0 atom stereocenters. The van der Waals surface area contributed by atoms with Gasteiger partial charge in [0.1, 0.15) is 0 Å². The Morgan fingerprint density at radius 3 is 2.70 bits per heavy atom. The van der Waals surface area contributed by atoms with E-state index < -0.39 is 5.66 Å². The second-order valence-corrected chi connectivity index (χ2v) is 6.35. The number of furan rings is 1. The molecule has 27 heavy (non-hydrogen) atoms. The number of hydrogen-bond acceptors (Lipinski definition) is 5. The van der Waals surface area contributed by atoms with E-state index in [9.17, 15) is 9.59 Å². The number of carbonyl (C=O) groups excluding carboxylic acids is 2. The number of hydrogen-bond donors (Lipinski definition) is 2. The zero-order chi connectivity index (χ0) is 19.3. The maximum Gasteiger partial charge on any atom is 0.291 e. The lowest BCUT2D eigenvalue weighted by molar-refractivity contribution is 0.0949. The standard InChI is InChI=1S/C20H20N4O3/c1-3-4-9-20(23-24-20)10-11-21-18(25)15-8-7-14(2)16(13-15)22-19(26)17-6-5-12-27-17/h1,5-8,12-13H,4,9-11H2,2H3,(H,21,25)(H,22,26). The first-order valence-corrected chi connectivity index (χ1v) is 8.64. The van der Waals surface area contributed by atoms with Crippen molar-refractivity contribution in [2.75, 3.05) is 11.9 Å². The molecule has 2 N–H and O–H groups in total. The fourth-order valence-electron chi connectivity index (χ4n) is 2.64. The Bertz CT molecular complexity index is 904. The molecule has 1 aliphatic heterocycles. The second kappa shape index (κ2) is 7.87. The van der Waals surface area contributed by atoms with Crippen molar-refractivity contribution in [2.24, 2.45) is 10.2 Å². The second-order valence-electron chi connectivity index (χ2n) is 6.35. The Morgan fingerprint density at radius 1 is 1.22 bits per heavy atom. The molecule has 1 aromatic carbocycles. The molecule has 1 aromatic heterocycles. The van der Waals surface area contributed by atoms with Crippen molar-refractivity contribution in [3.63, 3.8) is 0 Å². The van der Waals surface area contributed by atoms with Crippen LogP contribution in [0.5, 0.6) is 0 Å². The van der Waals surface area contributed by atoms with Crippen LogP contribution in [0.25, 0.3) is 0 Å². The van der Waals surface area contributed by atoms with Gasteiger partial charge in [-0.05, 0) is 36.8 Å². The molecule has 0 saturated heterocycles. The van der Waals surface area contributed by atoms with E-state index in [0.717, 1.165) is 5.56 Å². The van der Waals surface area contributed by atoms with Crippen LogP contribution in [0.1, 0.15) is 45.7 Å². The first kappa shape index (κ1) is 18.4. The summed E-state index contributed by atoms with van der Waals surface area (Å²) in [6, 6.07) is 8.36. The summed E-state index contributed by atoms with van der Waals surface area (Å²) in [6.07, 6.45) is 8.63. The number of anilines is 1. The highest BCUT2D eigenvalue weighted by atomic mass is 16.3. The lowest BCUT2D eigenvalue weighted by Gasteiger charge is -2.12. The molecular formula is C20H20N4O3. The molecule has 2 heterocycles. The normalized spacial score (nSPS) is 13.6. The van der Waals surface area contributed by atoms with Crippen LogP contribution in [0, 0.1) is 19.3 Å². The Labute approximate surface area is 157 Å². The summed E-state index contributed by atoms with van der Waals surface area (Å²) in [5, 5.41) is 13.7. The molecule has 0 spiro atoms. The first-order valence-electron chi connectivity index (χ1n) is 8.64. The van der Waals surface area contributed by atoms with Crippen LogP contribution in [0.4, 0.5) is 5.69 Å². The average Bonchev–Trinajstić information content (AvgIpc) is 3.20.